The summed E-state index contributed by atoms with van der Waals surface area (Å²) in [6.07, 6.45) is 1.66. The molecule has 2 aromatic carbocycles. The maximum Gasteiger partial charge on any atom is 0.291 e. The van der Waals surface area contributed by atoms with Crippen molar-refractivity contribution in [1.82, 2.24) is 9.97 Å². The predicted molar refractivity (Wildman–Crippen MR) is 78.4 cm³/mol. The normalized spacial score (nSPS) is 10.2. The number of aromatic amines is 1. The van der Waals surface area contributed by atoms with Crippen LogP contribution in [0.4, 0.5) is 5.69 Å². The number of benzene rings is 2. The fourth-order valence-electron chi connectivity index (χ4n) is 1.91. The Balaban J connectivity index is 1.79. The van der Waals surface area contributed by atoms with Crippen molar-refractivity contribution in [2.75, 3.05) is 5.32 Å². The van der Waals surface area contributed by atoms with Crippen LogP contribution in [0.25, 0.3) is 11.3 Å². The van der Waals surface area contributed by atoms with Crippen LogP contribution in [-0.2, 0) is 0 Å². The van der Waals surface area contributed by atoms with Gasteiger partial charge in [-0.05, 0) is 17.7 Å². The highest BCUT2D eigenvalue weighted by Gasteiger charge is 2.11. The molecule has 2 N–H and O–H groups in total. The molecule has 1 aromatic heterocycles. The van der Waals surface area contributed by atoms with E-state index in [4.69, 9.17) is 0 Å². The Bertz CT molecular complexity index is 705. The number of nitrogens with one attached hydrogen (secondary N) is 2. The Morgan fingerprint density at radius 2 is 1.60 bits per heavy atom. The summed E-state index contributed by atoms with van der Waals surface area (Å²) in [5.41, 5.74) is 2.57. The molecule has 0 saturated carbocycles. The van der Waals surface area contributed by atoms with Gasteiger partial charge in [0.25, 0.3) is 5.91 Å². The van der Waals surface area contributed by atoms with Gasteiger partial charge in [0.1, 0.15) is 0 Å². The second-order valence-electron chi connectivity index (χ2n) is 4.33. The molecule has 0 radical (unpaired) electrons. The topological polar surface area (TPSA) is 57.8 Å². The summed E-state index contributed by atoms with van der Waals surface area (Å²) in [7, 11) is 0. The minimum absolute atomic E-state index is 0.251. The summed E-state index contributed by atoms with van der Waals surface area (Å²) in [5, 5.41) is 2.79. The van der Waals surface area contributed by atoms with Gasteiger partial charge in [0.05, 0.1) is 11.9 Å². The maximum atomic E-state index is 12.1. The number of anilines is 1. The number of nitrogens with zero attached hydrogens (tertiary/aromatic N) is 1. The first-order valence-electron chi connectivity index (χ1n) is 6.30. The molecule has 1 heterocycles. The van der Waals surface area contributed by atoms with Crippen molar-refractivity contribution < 1.29 is 4.79 Å². The van der Waals surface area contributed by atoms with Gasteiger partial charge in [0.15, 0.2) is 5.82 Å². The van der Waals surface area contributed by atoms with Crippen molar-refractivity contribution in [3.05, 3.63) is 72.7 Å². The molecule has 4 heteroatoms. The minimum Gasteiger partial charge on any atom is -0.334 e. The lowest BCUT2D eigenvalue weighted by Crippen LogP contribution is -2.13. The van der Waals surface area contributed by atoms with Gasteiger partial charge < -0.3 is 10.3 Å². The summed E-state index contributed by atoms with van der Waals surface area (Å²) in [6, 6.07) is 19.1. The molecule has 0 saturated heterocycles. The molecule has 1 amide bonds. The average molecular weight is 263 g/mol. The van der Waals surface area contributed by atoms with Crippen LogP contribution in [0.5, 0.6) is 0 Å². The summed E-state index contributed by atoms with van der Waals surface area (Å²) >= 11 is 0. The number of rotatable bonds is 3. The lowest BCUT2D eigenvalue weighted by molar-refractivity contribution is 0.101. The Morgan fingerprint density at radius 3 is 2.30 bits per heavy atom. The monoisotopic (exact) mass is 263 g/mol. The minimum atomic E-state index is -0.251. The smallest absolute Gasteiger partial charge is 0.291 e. The summed E-state index contributed by atoms with van der Waals surface area (Å²) in [4.78, 5) is 19.2. The first kappa shape index (κ1) is 12.2. The lowest BCUT2D eigenvalue weighted by atomic mass is 10.2. The zero-order chi connectivity index (χ0) is 13.8. The lowest BCUT2D eigenvalue weighted by Gasteiger charge is -2.02. The summed E-state index contributed by atoms with van der Waals surface area (Å²) in [5.74, 6) is 0.0473. The van der Waals surface area contributed by atoms with Crippen molar-refractivity contribution >= 4 is 11.6 Å². The molecule has 0 fully saturated rings. The number of carbonyl (C=O) groups is 1. The van der Waals surface area contributed by atoms with Gasteiger partial charge in [0.2, 0.25) is 0 Å². The van der Waals surface area contributed by atoms with Gasteiger partial charge in [0, 0.05) is 5.69 Å². The second kappa shape index (κ2) is 5.40. The van der Waals surface area contributed by atoms with Gasteiger partial charge in [-0.3, -0.25) is 4.79 Å². The quantitative estimate of drug-likeness (QED) is 0.761. The van der Waals surface area contributed by atoms with Crippen LogP contribution in [0.1, 0.15) is 10.6 Å². The molecular weight excluding hydrogens is 250 g/mol. The number of H-pyrrole nitrogens is 1. The molecule has 0 unspecified atom stereocenters. The number of hydrogen-bond donors (Lipinski definition) is 2. The predicted octanol–water partition coefficient (Wildman–Crippen LogP) is 3.33. The van der Waals surface area contributed by atoms with E-state index in [2.05, 4.69) is 15.3 Å². The molecular formula is C16H13N3O. The van der Waals surface area contributed by atoms with Gasteiger partial charge >= 0.3 is 0 Å². The Labute approximate surface area is 116 Å². The van der Waals surface area contributed by atoms with Gasteiger partial charge in [-0.2, -0.15) is 0 Å². The van der Waals surface area contributed by atoms with E-state index in [1.807, 2.05) is 60.7 Å². The van der Waals surface area contributed by atoms with Gasteiger partial charge in [-0.25, -0.2) is 4.98 Å². The van der Waals surface area contributed by atoms with Crippen LogP contribution in [0.3, 0.4) is 0 Å². The number of para-hydroxylation sites is 1. The van der Waals surface area contributed by atoms with Crippen LogP contribution in [-0.4, -0.2) is 15.9 Å². The van der Waals surface area contributed by atoms with E-state index in [9.17, 15) is 4.79 Å². The Morgan fingerprint density at radius 1 is 0.950 bits per heavy atom. The van der Waals surface area contributed by atoms with E-state index < -0.39 is 0 Å². The number of carbonyl (C=O) groups excluding carboxylic acids is 1. The number of amides is 1. The molecule has 98 valence electrons. The van der Waals surface area contributed by atoms with Crippen molar-refractivity contribution in [2.45, 2.75) is 0 Å². The molecule has 0 atom stereocenters. The van der Waals surface area contributed by atoms with E-state index >= 15 is 0 Å². The molecule has 0 aliphatic heterocycles. The van der Waals surface area contributed by atoms with Crippen molar-refractivity contribution in [3.63, 3.8) is 0 Å². The zero-order valence-electron chi connectivity index (χ0n) is 10.7. The molecule has 0 aliphatic carbocycles. The van der Waals surface area contributed by atoms with E-state index in [0.717, 1.165) is 16.9 Å². The zero-order valence-corrected chi connectivity index (χ0v) is 10.7. The third-order valence-electron chi connectivity index (χ3n) is 2.91. The van der Waals surface area contributed by atoms with Crippen LogP contribution >= 0.6 is 0 Å². The maximum absolute atomic E-state index is 12.1. The summed E-state index contributed by atoms with van der Waals surface area (Å²) in [6.45, 7) is 0. The third-order valence-corrected chi connectivity index (χ3v) is 2.91. The van der Waals surface area contributed by atoms with E-state index in [1.54, 1.807) is 6.20 Å². The molecule has 0 aliphatic rings. The van der Waals surface area contributed by atoms with Crippen molar-refractivity contribution in [3.8, 4) is 11.3 Å². The standard InChI is InChI=1S/C16H13N3O/c20-16(18-13-9-5-2-6-10-13)15-17-11-14(19-15)12-7-3-1-4-8-12/h1-11H,(H,17,19)(H,18,20). The molecule has 0 spiro atoms. The average Bonchev–Trinajstić information content (AvgIpc) is 2.99. The fourth-order valence-corrected chi connectivity index (χ4v) is 1.91. The van der Waals surface area contributed by atoms with Crippen molar-refractivity contribution in [1.29, 1.82) is 0 Å². The van der Waals surface area contributed by atoms with Crippen LogP contribution < -0.4 is 5.32 Å². The molecule has 0 bridgehead atoms. The van der Waals surface area contributed by atoms with Crippen LogP contribution in [0.2, 0.25) is 0 Å². The molecule has 3 aromatic rings. The first-order chi connectivity index (χ1) is 9.83. The van der Waals surface area contributed by atoms with Gasteiger partial charge in [-0.1, -0.05) is 48.5 Å². The highest BCUT2D eigenvalue weighted by atomic mass is 16.2. The fraction of sp³-hybridized carbons (Fsp3) is 0. The SMILES string of the molecule is O=C(Nc1ccccc1)c1ncc(-c2ccccc2)[nH]1. The number of imidazole rings is 1. The second-order valence-corrected chi connectivity index (χ2v) is 4.33. The highest BCUT2D eigenvalue weighted by molar-refractivity contribution is 6.01. The van der Waals surface area contributed by atoms with Gasteiger partial charge in [-0.15, -0.1) is 0 Å². The van der Waals surface area contributed by atoms with Crippen LogP contribution in [0, 0.1) is 0 Å². The summed E-state index contributed by atoms with van der Waals surface area (Å²) < 4.78 is 0. The number of aromatic nitrogens is 2. The van der Waals surface area contributed by atoms with E-state index in [0.29, 0.717) is 5.82 Å². The largest absolute Gasteiger partial charge is 0.334 e. The van der Waals surface area contributed by atoms with E-state index in [1.165, 1.54) is 0 Å². The Kier molecular flexibility index (Phi) is 3.29. The van der Waals surface area contributed by atoms with Crippen LogP contribution in [0.15, 0.2) is 66.9 Å². The Hall–Kier alpha value is -2.88. The van der Waals surface area contributed by atoms with Crippen molar-refractivity contribution in [2.24, 2.45) is 0 Å². The van der Waals surface area contributed by atoms with E-state index in [-0.39, 0.29) is 5.91 Å². The molecule has 3 rings (SSSR count). The molecule has 20 heavy (non-hydrogen) atoms. The number of hydrogen-bond acceptors (Lipinski definition) is 2. The highest BCUT2D eigenvalue weighted by Crippen LogP contribution is 2.16. The first-order valence-corrected chi connectivity index (χ1v) is 6.30. The molecule has 4 nitrogen and oxygen atoms in total. The third kappa shape index (κ3) is 2.59.